The number of rotatable bonds is 5. The molecule has 0 aliphatic heterocycles. The number of aromatic nitrogens is 2. The molecule has 0 unspecified atom stereocenters. The highest BCUT2D eigenvalue weighted by atomic mass is 19.3. The Bertz CT molecular complexity index is 596. The van der Waals surface area contributed by atoms with Crippen molar-refractivity contribution in [1.82, 2.24) is 15.5 Å². The van der Waals surface area contributed by atoms with Crippen LogP contribution < -0.4 is 5.32 Å². The van der Waals surface area contributed by atoms with Gasteiger partial charge in [-0.2, -0.15) is 13.9 Å². The second kappa shape index (κ2) is 5.94. The number of benzene rings is 1. The molecule has 0 spiro atoms. The first-order valence-corrected chi connectivity index (χ1v) is 5.94. The Kier molecular flexibility index (Phi) is 4.25. The van der Waals surface area contributed by atoms with E-state index in [2.05, 4.69) is 10.2 Å². The smallest absolute Gasteiger partial charge is 0.347 e. The Balaban J connectivity index is 1.97. The molecule has 21 heavy (non-hydrogen) atoms. The van der Waals surface area contributed by atoms with E-state index >= 15 is 0 Å². The van der Waals surface area contributed by atoms with Crippen molar-refractivity contribution in [1.29, 1.82) is 0 Å². The molecule has 0 bridgehead atoms. The molecular weight excluding hydrogens is 290 g/mol. The molecule has 1 aromatic carbocycles. The second-order valence-electron chi connectivity index (χ2n) is 4.27. The fourth-order valence-corrected chi connectivity index (χ4v) is 1.62. The molecule has 1 amide bonds. The predicted molar refractivity (Wildman–Crippen MR) is 66.8 cm³/mol. The van der Waals surface area contributed by atoms with E-state index in [1.54, 1.807) is 41.8 Å². The lowest BCUT2D eigenvalue weighted by atomic mass is 10.1. The number of nitrogens with one attached hydrogen (secondary N) is 2. The minimum absolute atomic E-state index is 0.260. The van der Waals surface area contributed by atoms with E-state index in [1.165, 1.54) is 0 Å². The zero-order valence-electron chi connectivity index (χ0n) is 10.6. The van der Waals surface area contributed by atoms with E-state index in [0.29, 0.717) is 5.56 Å². The SMILES string of the molecule is O=C(NCc1ccc(-c2ccn[nH]2)cc1)C(F)(F)C(F)F. The average molecular weight is 301 g/mol. The van der Waals surface area contributed by atoms with Gasteiger partial charge in [0.15, 0.2) is 0 Å². The summed E-state index contributed by atoms with van der Waals surface area (Å²) in [5.41, 5.74) is 2.10. The number of carbonyl (C=O) groups excluding carboxylic acids is 1. The van der Waals surface area contributed by atoms with Gasteiger partial charge in [-0.1, -0.05) is 24.3 Å². The summed E-state index contributed by atoms with van der Waals surface area (Å²) in [5.74, 6) is -6.68. The topological polar surface area (TPSA) is 57.8 Å². The fourth-order valence-electron chi connectivity index (χ4n) is 1.62. The van der Waals surface area contributed by atoms with Crippen LogP contribution in [0.2, 0.25) is 0 Å². The van der Waals surface area contributed by atoms with Gasteiger partial charge in [0.25, 0.3) is 5.91 Å². The quantitative estimate of drug-likeness (QED) is 0.834. The number of aromatic amines is 1. The summed E-state index contributed by atoms with van der Waals surface area (Å²) in [7, 11) is 0. The second-order valence-corrected chi connectivity index (χ2v) is 4.27. The van der Waals surface area contributed by atoms with Crippen LogP contribution in [-0.2, 0) is 11.3 Å². The Hall–Kier alpha value is -2.38. The first kappa shape index (κ1) is 15.0. The third-order valence-electron chi connectivity index (χ3n) is 2.80. The molecule has 0 aliphatic carbocycles. The van der Waals surface area contributed by atoms with Crippen LogP contribution >= 0.6 is 0 Å². The monoisotopic (exact) mass is 301 g/mol. The van der Waals surface area contributed by atoms with Crippen LogP contribution in [0.25, 0.3) is 11.3 Å². The van der Waals surface area contributed by atoms with Gasteiger partial charge < -0.3 is 5.32 Å². The molecule has 0 fully saturated rings. The molecule has 8 heteroatoms. The van der Waals surface area contributed by atoms with Gasteiger partial charge in [-0.25, -0.2) is 8.78 Å². The number of amides is 1. The van der Waals surface area contributed by atoms with Crippen molar-refractivity contribution >= 4 is 5.91 Å². The minimum atomic E-state index is -4.68. The molecule has 0 aliphatic rings. The highest BCUT2D eigenvalue weighted by Gasteiger charge is 2.48. The summed E-state index contributed by atoms with van der Waals surface area (Å²) < 4.78 is 49.4. The first-order valence-electron chi connectivity index (χ1n) is 5.94. The number of alkyl halides is 4. The maximum Gasteiger partial charge on any atom is 0.383 e. The van der Waals surface area contributed by atoms with Gasteiger partial charge in [-0.3, -0.25) is 9.89 Å². The van der Waals surface area contributed by atoms with E-state index in [0.717, 1.165) is 11.3 Å². The Morgan fingerprint density at radius 2 is 1.90 bits per heavy atom. The molecule has 0 radical (unpaired) electrons. The molecule has 2 N–H and O–H groups in total. The zero-order chi connectivity index (χ0) is 15.5. The maximum atomic E-state index is 12.7. The highest BCUT2D eigenvalue weighted by molar-refractivity contribution is 5.83. The van der Waals surface area contributed by atoms with Crippen molar-refractivity contribution in [3.8, 4) is 11.3 Å². The molecular formula is C13H11F4N3O. The normalized spacial score (nSPS) is 11.7. The maximum absolute atomic E-state index is 12.7. The Morgan fingerprint density at radius 1 is 1.24 bits per heavy atom. The molecule has 0 saturated heterocycles. The van der Waals surface area contributed by atoms with E-state index < -0.39 is 18.3 Å². The molecule has 112 valence electrons. The molecule has 0 atom stereocenters. The van der Waals surface area contributed by atoms with Crippen molar-refractivity contribution < 1.29 is 22.4 Å². The van der Waals surface area contributed by atoms with E-state index in [1.807, 2.05) is 0 Å². The summed E-state index contributed by atoms with van der Waals surface area (Å²) in [6, 6.07) is 8.33. The fraction of sp³-hybridized carbons (Fsp3) is 0.231. The van der Waals surface area contributed by atoms with Crippen LogP contribution in [0.1, 0.15) is 5.56 Å². The first-order chi connectivity index (χ1) is 9.91. The highest BCUT2D eigenvalue weighted by Crippen LogP contribution is 2.23. The number of hydrogen-bond acceptors (Lipinski definition) is 2. The van der Waals surface area contributed by atoms with Crippen molar-refractivity contribution in [2.24, 2.45) is 0 Å². The Morgan fingerprint density at radius 3 is 2.43 bits per heavy atom. The standard InChI is InChI=1S/C13H11F4N3O/c14-11(15)13(16,17)12(21)18-7-8-1-3-9(4-2-8)10-5-6-19-20-10/h1-6,11H,7H2,(H,18,21)(H,19,20). The molecule has 0 saturated carbocycles. The number of halogens is 4. The van der Waals surface area contributed by atoms with Crippen LogP contribution in [0.15, 0.2) is 36.5 Å². The van der Waals surface area contributed by atoms with Crippen molar-refractivity contribution in [3.63, 3.8) is 0 Å². The van der Waals surface area contributed by atoms with Crippen LogP contribution in [0.5, 0.6) is 0 Å². The van der Waals surface area contributed by atoms with Crippen LogP contribution in [0.3, 0.4) is 0 Å². The number of carbonyl (C=O) groups is 1. The summed E-state index contributed by atoms with van der Waals surface area (Å²) in [6.07, 6.45) is -2.45. The predicted octanol–water partition coefficient (Wildman–Crippen LogP) is 2.59. The lowest BCUT2D eigenvalue weighted by molar-refractivity contribution is -0.169. The molecule has 4 nitrogen and oxygen atoms in total. The summed E-state index contributed by atoms with van der Waals surface area (Å²) in [6.45, 7) is -0.260. The van der Waals surface area contributed by atoms with Crippen molar-refractivity contribution in [2.75, 3.05) is 0 Å². The number of H-pyrrole nitrogens is 1. The Labute approximate surface area is 117 Å². The summed E-state index contributed by atoms with van der Waals surface area (Å²) >= 11 is 0. The van der Waals surface area contributed by atoms with Gasteiger partial charge in [0, 0.05) is 12.7 Å². The molecule has 1 aromatic heterocycles. The number of hydrogen-bond donors (Lipinski definition) is 2. The van der Waals surface area contributed by atoms with Gasteiger partial charge in [0.2, 0.25) is 0 Å². The van der Waals surface area contributed by atoms with E-state index in [4.69, 9.17) is 0 Å². The van der Waals surface area contributed by atoms with Crippen LogP contribution in [0.4, 0.5) is 17.6 Å². The zero-order valence-corrected chi connectivity index (χ0v) is 10.6. The van der Waals surface area contributed by atoms with E-state index in [9.17, 15) is 22.4 Å². The lowest BCUT2D eigenvalue weighted by Gasteiger charge is -2.14. The third kappa shape index (κ3) is 3.39. The average Bonchev–Trinajstić information content (AvgIpc) is 2.99. The van der Waals surface area contributed by atoms with Crippen LogP contribution in [0, 0.1) is 0 Å². The van der Waals surface area contributed by atoms with Gasteiger partial charge in [-0.15, -0.1) is 0 Å². The van der Waals surface area contributed by atoms with E-state index in [-0.39, 0.29) is 6.54 Å². The summed E-state index contributed by atoms with van der Waals surface area (Å²) in [4.78, 5) is 11.0. The molecule has 2 aromatic rings. The van der Waals surface area contributed by atoms with Gasteiger partial charge in [0.1, 0.15) is 0 Å². The van der Waals surface area contributed by atoms with Gasteiger partial charge in [-0.05, 0) is 17.2 Å². The minimum Gasteiger partial charge on any atom is -0.347 e. The molecule has 1 heterocycles. The van der Waals surface area contributed by atoms with Crippen molar-refractivity contribution in [3.05, 3.63) is 42.1 Å². The van der Waals surface area contributed by atoms with Crippen molar-refractivity contribution in [2.45, 2.75) is 18.9 Å². The van der Waals surface area contributed by atoms with Gasteiger partial charge >= 0.3 is 12.3 Å². The summed E-state index contributed by atoms with van der Waals surface area (Å²) in [5, 5.41) is 8.33. The van der Waals surface area contributed by atoms with Gasteiger partial charge in [0.05, 0.1) is 5.69 Å². The lowest BCUT2D eigenvalue weighted by Crippen LogP contribution is -2.44. The number of nitrogens with zero attached hydrogens (tertiary/aromatic N) is 1. The molecule has 2 rings (SSSR count). The largest absolute Gasteiger partial charge is 0.383 e. The van der Waals surface area contributed by atoms with Crippen LogP contribution in [-0.4, -0.2) is 28.5 Å². The third-order valence-corrected chi connectivity index (χ3v) is 2.80.